The van der Waals surface area contributed by atoms with Gasteiger partial charge in [0.15, 0.2) is 0 Å². The molecule has 2 amide bonds. The third-order valence-electron chi connectivity index (χ3n) is 2.73. The first-order chi connectivity index (χ1) is 7.38. The lowest BCUT2D eigenvalue weighted by Crippen LogP contribution is -2.46. The summed E-state index contributed by atoms with van der Waals surface area (Å²) in [5.74, 6) is -0.146. The largest absolute Gasteiger partial charge is 0.480 e. The van der Waals surface area contributed by atoms with Crippen LogP contribution in [0.1, 0.15) is 34.1 Å². The van der Waals surface area contributed by atoms with E-state index in [1.54, 1.807) is 6.92 Å². The van der Waals surface area contributed by atoms with E-state index in [0.717, 1.165) is 0 Å². The van der Waals surface area contributed by atoms with Crippen molar-refractivity contribution in [2.24, 2.45) is 11.8 Å². The zero-order valence-corrected chi connectivity index (χ0v) is 10.4. The number of rotatable bonds is 6. The number of aliphatic carboxylic acids is 1. The van der Waals surface area contributed by atoms with E-state index in [1.165, 1.54) is 0 Å². The first kappa shape index (κ1) is 14.7. The van der Waals surface area contributed by atoms with Crippen LogP contribution in [0.5, 0.6) is 0 Å². The molecule has 0 aliphatic heterocycles. The van der Waals surface area contributed by atoms with Crippen LogP contribution in [-0.2, 0) is 4.79 Å². The Labute approximate surface area is 96.6 Å². The number of carbonyl (C=O) groups is 2. The smallest absolute Gasteiger partial charge is 0.326 e. The Kier molecular flexibility index (Phi) is 6.53. The van der Waals surface area contributed by atoms with Crippen LogP contribution in [0.4, 0.5) is 4.79 Å². The third kappa shape index (κ3) is 5.58. The van der Waals surface area contributed by atoms with Crippen molar-refractivity contribution in [2.45, 2.75) is 40.2 Å². The van der Waals surface area contributed by atoms with Crippen LogP contribution >= 0.6 is 0 Å². The van der Waals surface area contributed by atoms with Gasteiger partial charge < -0.3 is 15.7 Å². The van der Waals surface area contributed by atoms with Crippen LogP contribution in [0.2, 0.25) is 0 Å². The number of urea groups is 1. The molecule has 5 heteroatoms. The third-order valence-corrected chi connectivity index (χ3v) is 2.73. The highest BCUT2D eigenvalue weighted by molar-refractivity contribution is 5.82. The van der Waals surface area contributed by atoms with Crippen LogP contribution in [0.25, 0.3) is 0 Å². The summed E-state index contributed by atoms with van der Waals surface area (Å²) in [7, 11) is 0. The second-order valence-corrected chi connectivity index (χ2v) is 4.37. The van der Waals surface area contributed by atoms with Crippen LogP contribution in [0.15, 0.2) is 0 Å². The zero-order valence-electron chi connectivity index (χ0n) is 10.4. The molecule has 94 valence electrons. The first-order valence-corrected chi connectivity index (χ1v) is 5.65. The molecule has 0 aliphatic carbocycles. The summed E-state index contributed by atoms with van der Waals surface area (Å²) in [6.07, 6.45) is 0.377. The van der Waals surface area contributed by atoms with E-state index in [9.17, 15) is 9.59 Å². The number of carboxylic acid groups (broad SMARTS) is 1. The maximum absolute atomic E-state index is 11.4. The molecule has 0 aliphatic rings. The summed E-state index contributed by atoms with van der Waals surface area (Å²) in [4.78, 5) is 22.0. The first-order valence-electron chi connectivity index (χ1n) is 5.65. The molecule has 0 spiro atoms. The van der Waals surface area contributed by atoms with Gasteiger partial charge in [-0.2, -0.15) is 0 Å². The minimum atomic E-state index is -1.01. The number of hydrogen-bond acceptors (Lipinski definition) is 2. The van der Waals surface area contributed by atoms with Crippen molar-refractivity contribution < 1.29 is 14.7 Å². The van der Waals surface area contributed by atoms with Crippen molar-refractivity contribution in [3.63, 3.8) is 0 Å². The predicted octanol–water partition coefficient (Wildman–Crippen LogP) is 1.44. The van der Waals surface area contributed by atoms with E-state index in [1.807, 2.05) is 6.92 Å². The minimum Gasteiger partial charge on any atom is -0.480 e. The zero-order chi connectivity index (χ0) is 12.7. The molecule has 0 radical (unpaired) electrons. The summed E-state index contributed by atoms with van der Waals surface area (Å²) in [6, 6.07) is -1.23. The molecule has 0 aromatic heterocycles. The topological polar surface area (TPSA) is 78.4 Å². The Morgan fingerprint density at radius 2 is 1.81 bits per heavy atom. The quantitative estimate of drug-likeness (QED) is 0.646. The Morgan fingerprint density at radius 1 is 1.25 bits per heavy atom. The van der Waals surface area contributed by atoms with Gasteiger partial charge in [-0.05, 0) is 18.3 Å². The molecular formula is C11H22N2O3. The Balaban J connectivity index is 3.94. The molecule has 0 fully saturated rings. The van der Waals surface area contributed by atoms with Gasteiger partial charge in [0.05, 0.1) is 0 Å². The van der Waals surface area contributed by atoms with Crippen LogP contribution in [0.3, 0.4) is 0 Å². The molecule has 0 saturated carbocycles. The average Bonchev–Trinajstić information content (AvgIpc) is 2.21. The van der Waals surface area contributed by atoms with Crippen molar-refractivity contribution in [1.29, 1.82) is 0 Å². The van der Waals surface area contributed by atoms with E-state index in [2.05, 4.69) is 24.5 Å². The molecule has 5 nitrogen and oxygen atoms in total. The minimum absolute atomic E-state index is 0.371. The molecule has 3 N–H and O–H groups in total. The normalized spacial score (nSPS) is 14.3. The number of amides is 2. The highest BCUT2D eigenvalue weighted by Crippen LogP contribution is 2.07. The lowest BCUT2D eigenvalue weighted by atomic mass is 9.98. The van der Waals surface area contributed by atoms with Gasteiger partial charge in [-0.25, -0.2) is 9.59 Å². The van der Waals surface area contributed by atoms with Gasteiger partial charge in [0.25, 0.3) is 0 Å². The van der Waals surface area contributed by atoms with Gasteiger partial charge in [-0.3, -0.25) is 0 Å². The van der Waals surface area contributed by atoms with E-state index >= 15 is 0 Å². The lowest BCUT2D eigenvalue weighted by Gasteiger charge is -2.18. The fraction of sp³-hybridized carbons (Fsp3) is 0.818. The highest BCUT2D eigenvalue weighted by atomic mass is 16.4. The molecule has 0 heterocycles. The van der Waals surface area contributed by atoms with Gasteiger partial charge in [0, 0.05) is 6.54 Å². The second-order valence-electron chi connectivity index (χ2n) is 4.37. The van der Waals surface area contributed by atoms with Crippen LogP contribution in [-0.4, -0.2) is 29.7 Å². The number of carboxylic acids is 1. The van der Waals surface area contributed by atoms with Gasteiger partial charge >= 0.3 is 12.0 Å². The fourth-order valence-corrected chi connectivity index (χ4v) is 1.04. The van der Waals surface area contributed by atoms with Crippen LogP contribution in [0, 0.1) is 11.8 Å². The summed E-state index contributed by atoms with van der Waals surface area (Å²) in [5.41, 5.74) is 0. The predicted molar refractivity (Wildman–Crippen MR) is 62.3 cm³/mol. The van der Waals surface area contributed by atoms with Crippen LogP contribution < -0.4 is 10.6 Å². The Hall–Kier alpha value is -1.26. The summed E-state index contributed by atoms with van der Waals surface area (Å²) < 4.78 is 0. The number of nitrogens with one attached hydrogen (secondary N) is 2. The van der Waals surface area contributed by atoms with Gasteiger partial charge in [0.1, 0.15) is 6.04 Å². The van der Waals surface area contributed by atoms with E-state index < -0.39 is 18.0 Å². The summed E-state index contributed by atoms with van der Waals surface area (Å²) >= 11 is 0. The molecule has 2 atom stereocenters. The highest BCUT2D eigenvalue weighted by Gasteiger charge is 2.17. The molecule has 1 unspecified atom stereocenters. The summed E-state index contributed by atoms with van der Waals surface area (Å²) in [5, 5.41) is 13.8. The Morgan fingerprint density at radius 3 is 2.19 bits per heavy atom. The monoisotopic (exact) mass is 230 g/mol. The number of hydrogen-bond donors (Lipinski definition) is 3. The van der Waals surface area contributed by atoms with E-state index in [4.69, 9.17) is 5.11 Å². The average molecular weight is 230 g/mol. The van der Waals surface area contributed by atoms with E-state index in [-0.39, 0.29) is 0 Å². The molecule has 0 aromatic rings. The second kappa shape index (κ2) is 7.09. The van der Waals surface area contributed by atoms with E-state index in [0.29, 0.717) is 24.8 Å². The van der Waals surface area contributed by atoms with Crippen molar-refractivity contribution in [3.05, 3.63) is 0 Å². The fourth-order valence-electron chi connectivity index (χ4n) is 1.04. The molecule has 16 heavy (non-hydrogen) atoms. The maximum Gasteiger partial charge on any atom is 0.326 e. The van der Waals surface area contributed by atoms with Crippen molar-refractivity contribution in [3.8, 4) is 0 Å². The molecule has 0 bridgehead atoms. The van der Waals surface area contributed by atoms with Gasteiger partial charge in [-0.15, -0.1) is 0 Å². The summed E-state index contributed by atoms with van der Waals surface area (Å²) in [6.45, 7) is 8.47. The van der Waals surface area contributed by atoms with Gasteiger partial charge in [-0.1, -0.05) is 27.7 Å². The molecule has 0 rings (SSSR count). The number of carbonyl (C=O) groups excluding carboxylic acids is 1. The van der Waals surface area contributed by atoms with Gasteiger partial charge in [0.2, 0.25) is 0 Å². The Bertz CT molecular complexity index is 241. The standard InChI is InChI=1S/C11H22N2O3/c1-5-9(10(14)15)13-11(16)12-6-8(4)7(2)3/h7-9H,5-6H2,1-4H3,(H,14,15)(H2,12,13,16)/t8?,9-/m1/s1. The molecule has 0 aromatic carbocycles. The lowest BCUT2D eigenvalue weighted by molar-refractivity contribution is -0.139. The van der Waals surface area contributed by atoms with Crippen molar-refractivity contribution >= 4 is 12.0 Å². The molecule has 0 saturated heterocycles. The molecular weight excluding hydrogens is 208 g/mol. The maximum atomic E-state index is 11.4. The van der Waals surface area contributed by atoms with Crippen molar-refractivity contribution in [2.75, 3.05) is 6.54 Å². The van der Waals surface area contributed by atoms with Crippen molar-refractivity contribution in [1.82, 2.24) is 10.6 Å². The SMILES string of the molecule is CC[C@@H](NC(=O)NCC(C)C(C)C)C(=O)O.